The molecule has 0 spiro atoms. The molecule has 70 valence electrons. The van der Waals surface area contributed by atoms with Gasteiger partial charge in [-0.3, -0.25) is 0 Å². The van der Waals surface area contributed by atoms with Crippen molar-refractivity contribution < 1.29 is 5.11 Å². The van der Waals surface area contributed by atoms with Crippen molar-refractivity contribution in [3.05, 3.63) is 17.8 Å². The number of nitrogens with zero attached hydrogens (tertiary/aromatic N) is 1. The Morgan fingerprint density at radius 2 is 2.15 bits per heavy atom. The molecule has 4 nitrogen and oxygen atoms in total. The van der Waals surface area contributed by atoms with Crippen molar-refractivity contribution in [2.24, 2.45) is 0 Å². The van der Waals surface area contributed by atoms with Crippen molar-refractivity contribution in [2.75, 3.05) is 30.3 Å². The minimum atomic E-state index is 0.152. The molecule has 0 amide bonds. The van der Waals surface area contributed by atoms with Crippen molar-refractivity contribution in [3.63, 3.8) is 0 Å². The van der Waals surface area contributed by atoms with E-state index in [0.717, 1.165) is 30.3 Å². The van der Waals surface area contributed by atoms with Crippen molar-refractivity contribution in [1.82, 2.24) is 4.98 Å². The number of hydrogen-bond acceptors (Lipinski definition) is 4. The Bertz CT molecular complexity index is 301. The Hall–Kier alpha value is -1.29. The van der Waals surface area contributed by atoms with Crippen LogP contribution in [0.5, 0.6) is 0 Å². The van der Waals surface area contributed by atoms with Crippen LogP contribution in [0.4, 0.5) is 11.5 Å². The van der Waals surface area contributed by atoms with E-state index in [1.807, 2.05) is 12.1 Å². The average Bonchev–Trinajstić information content (AvgIpc) is 2.18. The van der Waals surface area contributed by atoms with E-state index < -0.39 is 0 Å². The zero-order chi connectivity index (χ0) is 9.10. The summed E-state index contributed by atoms with van der Waals surface area (Å²) in [5, 5.41) is 15.2. The monoisotopic (exact) mass is 179 g/mol. The van der Waals surface area contributed by atoms with E-state index in [1.54, 1.807) is 0 Å². The van der Waals surface area contributed by atoms with Crippen LogP contribution in [-0.4, -0.2) is 29.8 Å². The van der Waals surface area contributed by atoms with E-state index in [1.165, 1.54) is 0 Å². The molecule has 0 saturated heterocycles. The van der Waals surface area contributed by atoms with Crippen molar-refractivity contribution in [1.29, 1.82) is 0 Å². The first-order chi connectivity index (χ1) is 6.40. The second-order valence-corrected chi connectivity index (χ2v) is 3.03. The zero-order valence-corrected chi connectivity index (χ0v) is 7.38. The number of nitrogens with one attached hydrogen (secondary N) is 2. The van der Waals surface area contributed by atoms with Crippen LogP contribution in [0.2, 0.25) is 0 Å². The van der Waals surface area contributed by atoms with Gasteiger partial charge in [0, 0.05) is 31.8 Å². The second-order valence-electron chi connectivity index (χ2n) is 3.03. The molecule has 0 aromatic carbocycles. The fourth-order valence-corrected chi connectivity index (χ4v) is 1.41. The predicted molar refractivity (Wildman–Crippen MR) is 52.0 cm³/mol. The maximum Gasteiger partial charge on any atom is 0.149 e. The van der Waals surface area contributed by atoms with Gasteiger partial charge in [-0.1, -0.05) is 0 Å². The highest BCUT2D eigenvalue weighted by Gasteiger charge is 2.08. The lowest BCUT2D eigenvalue weighted by Gasteiger charge is -2.19. The molecule has 0 atom stereocenters. The van der Waals surface area contributed by atoms with Crippen LogP contribution in [0, 0.1) is 0 Å². The van der Waals surface area contributed by atoms with Crippen LogP contribution < -0.4 is 10.6 Å². The Labute approximate surface area is 77.0 Å². The van der Waals surface area contributed by atoms with Gasteiger partial charge >= 0.3 is 0 Å². The van der Waals surface area contributed by atoms with Gasteiger partial charge in [-0.25, -0.2) is 4.98 Å². The van der Waals surface area contributed by atoms with Crippen LogP contribution in [0.3, 0.4) is 0 Å². The lowest BCUT2D eigenvalue weighted by atomic mass is 10.2. The molecule has 2 heterocycles. The number of aliphatic hydroxyl groups excluding tert-OH is 1. The van der Waals surface area contributed by atoms with Crippen LogP contribution in [0.25, 0.3) is 0 Å². The van der Waals surface area contributed by atoms with E-state index in [9.17, 15) is 0 Å². The molecule has 1 aromatic heterocycles. The molecule has 13 heavy (non-hydrogen) atoms. The fourth-order valence-electron chi connectivity index (χ4n) is 1.41. The zero-order valence-electron chi connectivity index (χ0n) is 7.38. The molecule has 4 heteroatoms. The third kappa shape index (κ3) is 1.72. The highest BCUT2D eigenvalue weighted by molar-refractivity contribution is 5.66. The van der Waals surface area contributed by atoms with Crippen molar-refractivity contribution >= 4 is 11.5 Å². The SMILES string of the molecule is OCCc1ccc2c(n1)NCCN2. The van der Waals surface area contributed by atoms with Crippen molar-refractivity contribution in [2.45, 2.75) is 6.42 Å². The molecule has 3 N–H and O–H groups in total. The number of fused-ring (bicyclic) bond motifs is 1. The molecular formula is C9H13N3O. The Balaban J connectivity index is 2.24. The Kier molecular flexibility index (Phi) is 2.31. The number of aliphatic hydroxyl groups is 1. The quantitative estimate of drug-likeness (QED) is 0.617. The van der Waals surface area contributed by atoms with E-state index in [0.29, 0.717) is 6.42 Å². The predicted octanol–water partition coefficient (Wildman–Crippen LogP) is 0.454. The number of rotatable bonds is 2. The van der Waals surface area contributed by atoms with Gasteiger partial charge in [0.25, 0.3) is 0 Å². The van der Waals surface area contributed by atoms with Gasteiger partial charge in [0.2, 0.25) is 0 Å². The van der Waals surface area contributed by atoms with Gasteiger partial charge in [0.15, 0.2) is 0 Å². The summed E-state index contributed by atoms with van der Waals surface area (Å²) in [5.74, 6) is 0.900. The summed E-state index contributed by atoms with van der Waals surface area (Å²) in [6.45, 7) is 2.00. The lowest BCUT2D eigenvalue weighted by Crippen LogP contribution is -2.21. The number of anilines is 2. The molecule has 2 rings (SSSR count). The summed E-state index contributed by atoms with van der Waals surface area (Å²) in [4.78, 5) is 4.37. The topological polar surface area (TPSA) is 57.2 Å². The smallest absolute Gasteiger partial charge is 0.149 e. The highest BCUT2D eigenvalue weighted by Crippen LogP contribution is 2.21. The first kappa shape index (κ1) is 8.31. The first-order valence-electron chi connectivity index (χ1n) is 4.48. The van der Waals surface area contributed by atoms with Crippen LogP contribution in [0.1, 0.15) is 5.69 Å². The average molecular weight is 179 g/mol. The van der Waals surface area contributed by atoms with Gasteiger partial charge in [-0.2, -0.15) is 0 Å². The maximum absolute atomic E-state index is 8.75. The minimum Gasteiger partial charge on any atom is -0.396 e. The van der Waals surface area contributed by atoms with E-state index in [4.69, 9.17) is 5.11 Å². The van der Waals surface area contributed by atoms with Gasteiger partial charge < -0.3 is 15.7 Å². The number of aromatic nitrogens is 1. The number of hydrogen-bond donors (Lipinski definition) is 3. The fraction of sp³-hybridized carbons (Fsp3) is 0.444. The third-order valence-corrected chi connectivity index (χ3v) is 2.05. The maximum atomic E-state index is 8.75. The molecule has 0 aliphatic carbocycles. The second kappa shape index (κ2) is 3.62. The molecule has 0 radical (unpaired) electrons. The number of pyridine rings is 1. The Morgan fingerprint density at radius 3 is 3.00 bits per heavy atom. The van der Waals surface area contributed by atoms with E-state index in [2.05, 4.69) is 15.6 Å². The third-order valence-electron chi connectivity index (χ3n) is 2.05. The molecule has 1 aromatic rings. The van der Waals surface area contributed by atoms with E-state index in [-0.39, 0.29) is 6.61 Å². The molecule has 1 aliphatic rings. The molecule has 0 unspecified atom stereocenters. The summed E-state index contributed by atoms with van der Waals surface area (Å²) < 4.78 is 0. The first-order valence-corrected chi connectivity index (χ1v) is 4.48. The van der Waals surface area contributed by atoms with Crippen LogP contribution in [-0.2, 0) is 6.42 Å². The summed E-state index contributed by atoms with van der Waals surface area (Å²) in [6.07, 6.45) is 0.620. The van der Waals surface area contributed by atoms with Crippen molar-refractivity contribution in [3.8, 4) is 0 Å². The normalized spacial score (nSPS) is 14.2. The summed E-state index contributed by atoms with van der Waals surface area (Å²) in [5.41, 5.74) is 1.98. The summed E-state index contributed by atoms with van der Waals surface area (Å²) in [6, 6.07) is 3.94. The van der Waals surface area contributed by atoms with Crippen LogP contribution in [0.15, 0.2) is 12.1 Å². The summed E-state index contributed by atoms with van der Waals surface area (Å²) >= 11 is 0. The van der Waals surface area contributed by atoms with Gasteiger partial charge in [0.05, 0.1) is 5.69 Å². The molecule has 0 fully saturated rings. The van der Waals surface area contributed by atoms with E-state index >= 15 is 0 Å². The van der Waals surface area contributed by atoms with Gasteiger partial charge in [-0.15, -0.1) is 0 Å². The van der Waals surface area contributed by atoms with Crippen LogP contribution >= 0.6 is 0 Å². The largest absolute Gasteiger partial charge is 0.396 e. The minimum absolute atomic E-state index is 0.152. The standard InChI is InChI=1S/C9H13N3O/c13-6-3-7-1-2-8-9(12-7)11-5-4-10-8/h1-2,10,13H,3-6H2,(H,11,12). The summed E-state index contributed by atoms with van der Waals surface area (Å²) in [7, 11) is 0. The molecule has 1 aliphatic heterocycles. The molecule has 0 saturated carbocycles. The molecular weight excluding hydrogens is 166 g/mol. The van der Waals surface area contributed by atoms with Gasteiger partial charge in [-0.05, 0) is 12.1 Å². The lowest BCUT2D eigenvalue weighted by molar-refractivity contribution is 0.298. The highest BCUT2D eigenvalue weighted by atomic mass is 16.3. The Morgan fingerprint density at radius 1 is 1.31 bits per heavy atom. The van der Waals surface area contributed by atoms with Gasteiger partial charge in [0.1, 0.15) is 5.82 Å². The molecule has 0 bridgehead atoms.